The summed E-state index contributed by atoms with van der Waals surface area (Å²) >= 11 is 0. The fourth-order valence-electron chi connectivity index (χ4n) is 2.77. The third kappa shape index (κ3) is 6.17. The normalized spacial score (nSPS) is 21.1. The number of primary amides is 1. The van der Waals surface area contributed by atoms with E-state index in [1.807, 2.05) is 6.92 Å². The molecule has 0 aliphatic heterocycles. The van der Waals surface area contributed by atoms with E-state index in [4.69, 9.17) is 5.73 Å². The van der Waals surface area contributed by atoms with E-state index in [-0.39, 0.29) is 11.2 Å². The molecule has 0 unspecified atom stereocenters. The zero-order valence-electron chi connectivity index (χ0n) is 12.5. The Labute approximate surface area is 121 Å². The van der Waals surface area contributed by atoms with Crippen LogP contribution in [0.5, 0.6) is 0 Å². The predicted octanol–water partition coefficient (Wildman–Crippen LogP) is 3.13. The molecular formula is C15H27N3O2. The minimum absolute atomic E-state index is 0.00880. The molecule has 1 saturated carbocycles. The molecule has 0 aromatic rings. The van der Waals surface area contributed by atoms with E-state index in [1.165, 1.54) is 44.7 Å². The largest absolute Gasteiger partial charge is 0.350 e. The number of carbonyl (C=O) groups is 2. The minimum atomic E-state index is -0.748. The number of hydrogen-bond donors (Lipinski definition) is 2. The van der Waals surface area contributed by atoms with Gasteiger partial charge in [-0.1, -0.05) is 58.3 Å². The van der Waals surface area contributed by atoms with E-state index >= 15 is 0 Å². The van der Waals surface area contributed by atoms with Crippen LogP contribution in [0.25, 0.3) is 0 Å². The van der Waals surface area contributed by atoms with Crippen molar-refractivity contribution in [2.24, 2.45) is 16.3 Å². The first kappa shape index (κ1) is 16.7. The van der Waals surface area contributed by atoms with Crippen molar-refractivity contribution >= 4 is 18.0 Å². The molecule has 0 aromatic heterocycles. The van der Waals surface area contributed by atoms with Crippen molar-refractivity contribution in [3.63, 3.8) is 0 Å². The van der Waals surface area contributed by atoms with Crippen molar-refractivity contribution in [1.29, 1.82) is 0 Å². The van der Waals surface area contributed by atoms with Gasteiger partial charge in [0.25, 0.3) is 0 Å². The Kier molecular flexibility index (Phi) is 7.26. The molecule has 0 heterocycles. The highest BCUT2D eigenvalue weighted by Gasteiger charge is 2.30. The molecule has 0 spiro atoms. The van der Waals surface area contributed by atoms with E-state index in [0.29, 0.717) is 0 Å². The number of amides is 2. The lowest BCUT2D eigenvalue weighted by Crippen LogP contribution is -2.31. The number of nitrogens with two attached hydrogens (primary N) is 1. The second-order valence-corrected chi connectivity index (χ2v) is 5.99. The molecule has 1 fully saturated rings. The van der Waals surface area contributed by atoms with Crippen molar-refractivity contribution in [3.05, 3.63) is 0 Å². The molecule has 0 bridgehead atoms. The molecular weight excluding hydrogens is 254 g/mol. The lowest BCUT2D eigenvalue weighted by molar-refractivity contribution is -0.121. The van der Waals surface area contributed by atoms with Gasteiger partial charge >= 0.3 is 6.03 Å². The molecule has 20 heavy (non-hydrogen) atoms. The number of nitrogens with zero attached hydrogens (tertiary/aromatic N) is 1. The fraction of sp³-hybridized carbons (Fsp3) is 0.800. The maximum absolute atomic E-state index is 12.3. The highest BCUT2D eigenvalue weighted by molar-refractivity contribution is 6.29. The van der Waals surface area contributed by atoms with Gasteiger partial charge in [-0.25, -0.2) is 10.2 Å². The Morgan fingerprint density at radius 2 is 1.45 bits per heavy atom. The number of carbonyl (C=O) groups excluding carboxylic acids is 2. The van der Waals surface area contributed by atoms with Gasteiger partial charge in [0.15, 0.2) is 5.78 Å². The molecule has 0 radical (unpaired) electrons. The van der Waals surface area contributed by atoms with Crippen LogP contribution < -0.4 is 11.2 Å². The molecule has 0 saturated heterocycles. The topological polar surface area (TPSA) is 84.6 Å². The highest BCUT2D eigenvalue weighted by atomic mass is 16.2. The lowest BCUT2D eigenvalue weighted by Gasteiger charge is -2.26. The number of rotatable bonds is 3. The summed E-state index contributed by atoms with van der Waals surface area (Å²) in [6, 6.07) is -0.748. The zero-order chi connectivity index (χ0) is 14.8. The maximum atomic E-state index is 12.3. The van der Waals surface area contributed by atoms with E-state index in [1.54, 1.807) is 0 Å². The standard InChI is InChI=1S/C15H27N3O2/c1-15(13(19)12-17-18-14(16)20)10-8-6-4-2-3-5-7-9-11-15/h12H,2-11H2,1H3,(H3,16,18,20)/b17-12+. The van der Waals surface area contributed by atoms with E-state index in [2.05, 4.69) is 10.5 Å². The van der Waals surface area contributed by atoms with Gasteiger partial charge < -0.3 is 5.73 Å². The van der Waals surface area contributed by atoms with E-state index in [0.717, 1.165) is 25.7 Å². The minimum Gasteiger partial charge on any atom is -0.350 e. The molecule has 2 amide bonds. The number of urea groups is 1. The SMILES string of the molecule is CC1(C(=O)/C=N/NC(N)=O)CCCCCCCCCC1. The van der Waals surface area contributed by atoms with Gasteiger partial charge in [0.1, 0.15) is 0 Å². The summed E-state index contributed by atoms with van der Waals surface area (Å²) in [6.07, 6.45) is 12.7. The molecule has 5 heteroatoms. The fourth-order valence-corrected chi connectivity index (χ4v) is 2.77. The maximum Gasteiger partial charge on any atom is 0.332 e. The van der Waals surface area contributed by atoms with Crippen molar-refractivity contribution < 1.29 is 9.59 Å². The second kappa shape index (κ2) is 8.72. The van der Waals surface area contributed by atoms with Crippen LogP contribution in [0.4, 0.5) is 4.79 Å². The van der Waals surface area contributed by atoms with Crippen molar-refractivity contribution in [1.82, 2.24) is 5.43 Å². The molecule has 0 aromatic carbocycles. The van der Waals surface area contributed by atoms with Crippen LogP contribution in [-0.4, -0.2) is 18.0 Å². The number of hydrogen-bond acceptors (Lipinski definition) is 3. The highest BCUT2D eigenvalue weighted by Crippen LogP contribution is 2.32. The van der Waals surface area contributed by atoms with Gasteiger partial charge in [0.05, 0.1) is 6.21 Å². The average Bonchev–Trinajstić information content (AvgIpc) is 2.44. The summed E-state index contributed by atoms with van der Waals surface area (Å²) in [5, 5.41) is 3.61. The number of Topliss-reactive ketones (excluding diaryl/α,β-unsaturated/α-hetero) is 1. The monoisotopic (exact) mass is 281 g/mol. The van der Waals surface area contributed by atoms with Crippen LogP contribution in [0, 0.1) is 5.41 Å². The van der Waals surface area contributed by atoms with Gasteiger partial charge in [-0.05, 0) is 12.8 Å². The average molecular weight is 281 g/mol. The second-order valence-electron chi connectivity index (χ2n) is 5.99. The first-order chi connectivity index (χ1) is 9.54. The molecule has 1 aliphatic carbocycles. The summed E-state index contributed by atoms with van der Waals surface area (Å²) in [6.45, 7) is 2.02. The van der Waals surface area contributed by atoms with Gasteiger partial charge in [0, 0.05) is 5.41 Å². The van der Waals surface area contributed by atoms with Crippen LogP contribution >= 0.6 is 0 Å². The van der Waals surface area contributed by atoms with E-state index < -0.39 is 6.03 Å². The number of ketones is 1. The first-order valence-electron chi connectivity index (χ1n) is 7.67. The van der Waals surface area contributed by atoms with Crippen LogP contribution in [0.2, 0.25) is 0 Å². The Morgan fingerprint density at radius 3 is 1.90 bits per heavy atom. The zero-order valence-corrected chi connectivity index (χ0v) is 12.5. The van der Waals surface area contributed by atoms with Crippen LogP contribution in [-0.2, 0) is 4.79 Å². The molecule has 5 nitrogen and oxygen atoms in total. The van der Waals surface area contributed by atoms with Gasteiger partial charge in [-0.2, -0.15) is 5.10 Å². The molecule has 114 valence electrons. The van der Waals surface area contributed by atoms with Crippen LogP contribution in [0.1, 0.15) is 71.1 Å². The van der Waals surface area contributed by atoms with Crippen molar-refractivity contribution in [2.75, 3.05) is 0 Å². The molecule has 1 aliphatic rings. The van der Waals surface area contributed by atoms with Gasteiger partial charge in [-0.3, -0.25) is 4.79 Å². The smallest absolute Gasteiger partial charge is 0.332 e. The Bertz CT molecular complexity index is 341. The summed E-state index contributed by atoms with van der Waals surface area (Å²) in [4.78, 5) is 22.9. The third-order valence-corrected chi connectivity index (χ3v) is 4.16. The Morgan fingerprint density at radius 1 is 1.00 bits per heavy atom. The predicted molar refractivity (Wildman–Crippen MR) is 80.5 cm³/mol. The lowest BCUT2D eigenvalue weighted by atomic mass is 9.76. The third-order valence-electron chi connectivity index (χ3n) is 4.16. The number of hydrazone groups is 1. The number of nitrogens with one attached hydrogen (secondary N) is 1. The van der Waals surface area contributed by atoms with Crippen molar-refractivity contribution in [2.45, 2.75) is 71.1 Å². The van der Waals surface area contributed by atoms with Crippen LogP contribution in [0.15, 0.2) is 5.10 Å². The van der Waals surface area contributed by atoms with Gasteiger partial charge in [-0.15, -0.1) is 0 Å². The first-order valence-corrected chi connectivity index (χ1v) is 7.67. The van der Waals surface area contributed by atoms with Gasteiger partial charge in [0.2, 0.25) is 0 Å². The molecule has 3 N–H and O–H groups in total. The molecule has 0 atom stereocenters. The van der Waals surface area contributed by atoms with Crippen molar-refractivity contribution in [3.8, 4) is 0 Å². The summed E-state index contributed by atoms with van der Waals surface area (Å²) < 4.78 is 0. The summed E-state index contributed by atoms with van der Waals surface area (Å²) in [5.74, 6) is -0.00880. The summed E-state index contributed by atoms with van der Waals surface area (Å²) in [7, 11) is 0. The Hall–Kier alpha value is -1.39. The molecule has 1 rings (SSSR count). The Balaban J connectivity index is 2.60. The van der Waals surface area contributed by atoms with Crippen LogP contribution in [0.3, 0.4) is 0 Å². The summed E-state index contributed by atoms with van der Waals surface area (Å²) in [5.41, 5.74) is 6.64. The van der Waals surface area contributed by atoms with E-state index in [9.17, 15) is 9.59 Å². The quantitative estimate of drug-likeness (QED) is 0.615.